The minimum Gasteiger partial charge on any atom is -0.341 e. The Hall–Kier alpha value is -0.910. The van der Waals surface area contributed by atoms with Crippen LogP contribution in [0.3, 0.4) is 0 Å². The van der Waals surface area contributed by atoms with E-state index in [4.69, 9.17) is 0 Å². The van der Waals surface area contributed by atoms with Crippen molar-refractivity contribution < 1.29 is 4.79 Å². The second-order valence-corrected chi connectivity index (χ2v) is 8.86. The summed E-state index contributed by atoms with van der Waals surface area (Å²) in [7, 11) is 2.16. The standard InChI is InChI=1S/C19H29N3OS/c1-20-15-19(12-17(20)18(23)22-7-2-3-8-22)5-9-21(10-6-19)13-16-4-11-24-14-16/h4,11,14,17H,2-3,5-10,12-13,15H2,1H3. The molecule has 3 fully saturated rings. The predicted octanol–water partition coefficient (Wildman–Crippen LogP) is 2.66. The van der Waals surface area contributed by atoms with Crippen molar-refractivity contribution in [1.82, 2.24) is 14.7 Å². The van der Waals surface area contributed by atoms with Gasteiger partial charge in [0.25, 0.3) is 0 Å². The molecule has 0 bridgehead atoms. The van der Waals surface area contributed by atoms with Crippen molar-refractivity contribution in [2.75, 3.05) is 39.8 Å². The van der Waals surface area contributed by atoms with Gasteiger partial charge in [0.1, 0.15) is 0 Å². The second kappa shape index (κ2) is 6.77. The van der Waals surface area contributed by atoms with E-state index in [1.807, 2.05) is 0 Å². The number of nitrogens with zero attached hydrogens (tertiary/aromatic N) is 3. The van der Waals surface area contributed by atoms with E-state index in [2.05, 4.69) is 38.6 Å². The number of likely N-dealkylation sites (N-methyl/N-ethyl adjacent to an activating group) is 1. The van der Waals surface area contributed by atoms with E-state index in [0.717, 1.165) is 32.6 Å². The fourth-order valence-electron chi connectivity index (χ4n) is 4.88. The molecule has 24 heavy (non-hydrogen) atoms. The Morgan fingerprint density at radius 3 is 2.67 bits per heavy atom. The normalized spacial score (nSPS) is 28.0. The third-order valence-electron chi connectivity index (χ3n) is 6.35. The Balaban J connectivity index is 1.34. The number of thiophene rings is 1. The molecule has 1 atom stereocenters. The molecule has 0 aromatic carbocycles. The number of piperidine rings is 1. The van der Waals surface area contributed by atoms with Crippen LogP contribution in [0.25, 0.3) is 0 Å². The van der Waals surface area contributed by atoms with E-state index >= 15 is 0 Å². The molecule has 4 nitrogen and oxygen atoms in total. The maximum absolute atomic E-state index is 12.8. The lowest BCUT2D eigenvalue weighted by molar-refractivity contribution is -0.134. The number of carbonyl (C=O) groups excluding carboxylic acids is 1. The molecule has 0 saturated carbocycles. The smallest absolute Gasteiger partial charge is 0.239 e. The molecule has 5 heteroatoms. The first kappa shape index (κ1) is 16.6. The van der Waals surface area contributed by atoms with E-state index in [-0.39, 0.29) is 6.04 Å². The van der Waals surface area contributed by atoms with Gasteiger partial charge in [0.05, 0.1) is 6.04 Å². The highest BCUT2D eigenvalue weighted by atomic mass is 32.1. The summed E-state index contributed by atoms with van der Waals surface area (Å²) in [6.45, 7) is 6.49. The Bertz CT molecular complexity index is 559. The van der Waals surface area contributed by atoms with Crippen molar-refractivity contribution in [3.63, 3.8) is 0 Å². The monoisotopic (exact) mass is 347 g/mol. The maximum Gasteiger partial charge on any atom is 0.239 e. The molecule has 3 saturated heterocycles. The zero-order valence-electron chi connectivity index (χ0n) is 14.7. The Kier molecular flexibility index (Phi) is 4.67. The number of rotatable bonds is 3. The average molecular weight is 348 g/mol. The third-order valence-corrected chi connectivity index (χ3v) is 7.08. The highest BCUT2D eigenvalue weighted by Gasteiger charge is 2.47. The Labute approximate surface area is 149 Å². The second-order valence-electron chi connectivity index (χ2n) is 8.08. The molecular formula is C19H29N3OS. The molecule has 3 aliphatic heterocycles. The molecule has 0 radical (unpaired) electrons. The Morgan fingerprint density at radius 2 is 2.00 bits per heavy atom. The topological polar surface area (TPSA) is 26.8 Å². The molecule has 0 N–H and O–H groups in total. The number of amides is 1. The lowest BCUT2D eigenvalue weighted by Gasteiger charge is -2.39. The maximum atomic E-state index is 12.8. The summed E-state index contributed by atoms with van der Waals surface area (Å²) in [6.07, 6.45) is 5.93. The van der Waals surface area contributed by atoms with E-state index in [9.17, 15) is 4.79 Å². The van der Waals surface area contributed by atoms with Gasteiger partial charge in [0.15, 0.2) is 0 Å². The van der Waals surface area contributed by atoms with Crippen LogP contribution >= 0.6 is 11.3 Å². The van der Waals surface area contributed by atoms with Crippen LogP contribution in [0, 0.1) is 5.41 Å². The molecule has 1 spiro atoms. The van der Waals surface area contributed by atoms with Crippen molar-refractivity contribution in [3.8, 4) is 0 Å². The van der Waals surface area contributed by atoms with Crippen molar-refractivity contribution in [2.45, 2.75) is 44.7 Å². The highest BCUT2D eigenvalue weighted by molar-refractivity contribution is 7.07. The molecule has 1 aromatic heterocycles. The van der Waals surface area contributed by atoms with Crippen LogP contribution in [0.5, 0.6) is 0 Å². The van der Waals surface area contributed by atoms with Gasteiger partial charge in [-0.3, -0.25) is 14.6 Å². The summed E-state index contributed by atoms with van der Waals surface area (Å²) in [5.41, 5.74) is 1.82. The molecule has 1 amide bonds. The van der Waals surface area contributed by atoms with Crippen LogP contribution in [-0.2, 0) is 11.3 Å². The lowest BCUT2D eigenvalue weighted by Crippen LogP contribution is -2.42. The third kappa shape index (κ3) is 3.26. The first-order valence-corrected chi connectivity index (χ1v) is 10.3. The summed E-state index contributed by atoms with van der Waals surface area (Å²) in [5.74, 6) is 0.396. The number of carbonyl (C=O) groups is 1. The summed E-state index contributed by atoms with van der Waals surface area (Å²) >= 11 is 1.79. The zero-order valence-corrected chi connectivity index (χ0v) is 15.6. The summed E-state index contributed by atoms with van der Waals surface area (Å²) < 4.78 is 0. The van der Waals surface area contributed by atoms with Gasteiger partial charge in [0, 0.05) is 26.2 Å². The predicted molar refractivity (Wildman–Crippen MR) is 98.1 cm³/mol. The molecule has 1 unspecified atom stereocenters. The summed E-state index contributed by atoms with van der Waals surface area (Å²) in [5, 5.41) is 4.43. The van der Waals surface area contributed by atoms with Crippen molar-refractivity contribution in [1.29, 1.82) is 0 Å². The fourth-order valence-corrected chi connectivity index (χ4v) is 5.54. The van der Waals surface area contributed by atoms with Crippen LogP contribution < -0.4 is 0 Å². The Morgan fingerprint density at radius 1 is 1.25 bits per heavy atom. The number of hydrogen-bond acceptors (Lipinski definition) is 4. The van der Waals surface area contributed by atoms with Crippen molar-refractivity contribution in [2.24, 2.45) is 5.41 Å². The minimum absolute atomic E-state index is 0.131. The van der Waals surface area contributed by atoms with Crippen molar-refractivity contribution in [3.05, 3.63) is 22.4 Å². The van der Waals surface area contributed by atoms with Gasteiger partial charge in [-0.2, -0.15) is 11.3 Å². The van der Waals surface area contributed by atoms with Gasteiger partial charge in [-0.15, -0.1) is 0 Å². The molecule has 0 aliphatic carbocycles. The molecule has 1 aromatic rings. The number of likely N-dealkylation sites (tertiary alicyclic amines) is 3. The minimum atomic E-state index is 0.131. The summed E-state index contributed by atoms with van der Waals surface area (Å²) in [6, 6.07) is 2.37. The molecular weight excluding hydrogens is 318 g/mol. The molecule has 3 aliphatic rings. The largest absolute Gasteiger partial charge is 0.341 e. The van der Waals surface area contributed by atoms with Gasteiger partial charge in [0.2, 0.25) is 5.91 Å². The summed E-state index contributed by atoms with van der Waals surface area (Å²) in [4.78, 5) is 19.9. The van der Waals surface area contributed by atoms with Crippen LogP contribution in [-0.4, -0.2) is 66.4 Å². The van der Waals surface area contributed by atoms with Crippen molar-refractivity contribution >= 4 is 17.2 Å². The molecule has 4 rings (SSSR count). The van der Waals surface area contributed by atoms with Crippen LogP contribution in [0.15, 0.2) is 16.8 Å². The quantitative estimate of drug-likeness (QED) is 0.841. The van der Waals surface area contributed by atoms with Crippen LogP contribution in [0.4, 0.5) is 0 Å². The van der Waals surface area contributed by atoms with Gasteiger partial charge in [-0.05, 0) is 80.0 Å². The van der Waals surface area contributed by atoms with Gasteiger partial charge >= 0.3 is 0 Å². The van der Waals surface area contributed by atoms with E-state index in [1.54, 1.807) is 11.3 Å². The van der Waals surface area contributed by atoms with Gasteiger partial charge < -0.3 is 4.90 Å². The fraction of sp³-hybridized carbons (Fsp3) is 0.737. The molecule has 4 heterocycles. The first-order chi connectivity index (χ1) is 11.7. The van der Waals surface area contributed by atoms with Crippen LogP contribution in [0.2, 0.25) is 0 Å². The number of hydrogen-bond donors (Lipinski definition) is 0. The van der Waals surface area contributed by atoms with E-state index < -0.39 is 0 Å². The van der Waals surface area contributed by atoms with Gasteiger partial charge in [-0.1, -0.05) is 0 Å². The average Bonchev–Trinajstić information content (AvgIpc) is 3.32. The SMILES string of the molecule is CN1CC2(CCN(Cc3ccsc3)CC2)CC1C(=O)N1CCCC1. The molecule has 132 valence electrons. The lowest BCUT2D eigenvalue weighted by atomic mass is 9.76. The van der Waals surface area contributed by atoms with E-state index in [1.165, 1.54) is 44.3 Å². The zero-order chi connectivity index (χ0) is 16.6. The van der Waals surface area contributed by atoms with E-state index in [0.29, 0.717) is 11.3 Å². The first-order valence-electron chi connectivity index (χ1n) is 9.38. The van der Waals surface area contributed by atoms with Crippen LogP contribution in [0.1, 0.15) is 37.7 Å². The van der Waals surface area contributed by atoms with Gasteiger partial charge in [-0.25, -0.2) is 0 Å². The highest BCUT2D eigenvalue weighted by Crippen LogP contribution is 2.43.